The molecule has 0 aliphatic carbocycles. The smallest absolute Gasteiger partial charge is 0.480 e. The van der Waals surface area contributed by atoms with Gasteiger partial charge in [-0.3, -0.25) is 19.5 Å². The summed E-state index contributed by atoms with van der Waals surface area (Å²) in [5, 5.41) is 13.1. The predicted octanol–water partition coefficient (Wildman–Crippen LogP) is 4.20. The number of hydrogen-bond donors (Lipinski definition) is 3. The SMILES string of the molecule is COc1ncc(-c2ccc3c(C(=O)NCCCN4CCCC4=O)n[nH]c3c2)cc1C(=O)NCc1ccccc1OC(F)(F)F. The number of carbonyl (C=O) groups is 3. The molecule has 44 heavy (non-hydrogen) atoms. The van der Waals surface area contributed by atoms with E-state index >= 15 is 0 Å². The minimum absolute atomic E-state index is 0.0294. The molecular formula is C30H29F3N6O5. The maximum Gasteiger partial charge on any atom is 0.573 e. The van der Waals surface area contributed by atoms with Gasteiger partial charge in [-0.25, -0.2) is 4.98 Å². The Kier molecular flexibility index (Phi) is 8.97. The van der Waals surface area contributed by atoms with Crippen LogP contribution in [-0.2, 0) is 11.3 Å². The number of nitrogens with zero attached hydrogens (tertiary/aromatic N) is 3. The summed E-state index contributed by atoms with van der Waals surface area (Å²) in [5.74, 6) is -1.20. The molecule has 1 fully saturated rings. The lowest BCUT2D eigenvalue weighted by Gasteiger charge is -2.15. The largest absolute Gasteiger partial charge is 0.573 e. The first-order valence-electron chi connectivity index (χ1n) is 13.8. The molecular weight excluding hydrogens is 581 g/mol. The summed E-state index contributed by atoms with van der Waals surface area (Å²) in [4.78, 5) is 43.6. The molecule has 0 saturated carbocycles. The Morgan fingerprint density at radius 2 is 1.89 bits per heavy atom. The molecule has 5 rings (SSSR count). The van der Waals surface area contributed by atoms with Crippen molar-refractivity contribution in [2.75, 3.05) is 26.7 Å². The van der Waals surface area contributed by atoms with Crippen molar-refractivity contribution in [3.8, 4) is 22.8 Å². The molecule has 1 aliphatic heterocycles. The predicted molar refractivity (Wildman–Crippen MR) is 153 cm³/mol. The molecule has 3 heterocycles. The Morgan fingerprint density at radius 3 is 2.64 bits per heavy atom. The van der Waals surface area contributed by atoms with Crippen molar-refractivity contribution in [2.45, 2.75) is 32.2 Å². The van der Waals surface area contributed by atoms with Crippen molar-refractivity contribution in [3.05, 3.63) is 71.5 Å². The molecule has 14 heteroatoms. The lowest BCUT2D eigenvalue weighted by molar-refractivity contribution is -0.274. The third kappa shape index (κ3) is 7.07. The monoisotopic (exact) mass is 610 g/mol. The number of aromatic amines is 1. The van der Waals surface area contributed by atoms with Crippen molar-refractivity contribution >= 4 is 28.6 Å². The molecule has 2 aromatic heterocycles. The van der Waals surface area contributed by atoms with Crippen LogP contribution in [0.15, 0.2) is 54.7 Å². The fourth-order valence-corrected chi connectivity index (χ4v) is 4.95. The van der Waals surface area contributed by atoms with E-state index in [1.54, 1.807) is 29.2 Å². The van der Waals surface area contributed by atoms with E-state index in [4.69, 9.17) is 4.74 Å². The summed E-state index contributed by atoms with van der Waals surface area (Å²) < 4.78 is 47.6. The fourth-order valence-electron chi connectivity index (χ4n) is 4.95. The van der Waals surface area contributed by atoms with Crippen molar-refractivity contribution in [1.82, 2.24) is 30.7 Å². The van der Waals surface area contributed by atoms with Gasteiger partial charge in [0.1, 0.15) is 11.3 Å². The number of nitrogens with one attached hydrogen (secondary N) is 3. The summed E-state index contributed by atoms with van der Waals surface area (Å²) in [6.45, 7) is 1.52. The highest BCUT2D eigenvalue weighted by Gasteiger charge is 2.32. The highest BCUT2D eigenvalue weighted by Crippen LogP contribution is 2.29. The number of amides is 3. The number of benzene rings is 2. The second-order valence-electron chi connectivity index (χ2n) is 10.0. The average Bonchev–Trinajstić information content (AvgIpc) is 3.62. The lowest BCUT2D eigenvalue weighted by Crippen LogP contribution is -2.30. The van der Waals surface area contributed by atoms with Gasteiger partial charge in [0.2, 0.25) is 11.8 Å². The van der Waals surface area contributed by atoms with E-state index in [0.29, 0.717) is 48.0 Å². The number of alkyl halides is 3. The van der Waals surface area contributed by atoms with Gasteiger partial charge >= 0.3 is 6.36 Å². The van der Waals surface area contributed by atoms with E-state index in [1.165, 1.54) is 31.5 Å². The topological polar surface area (TPSA) is 139 Å². The molecule has 2 aromatic carbocycles. The molecule has 11 nitrogen and oxygen atoms in total. The van der Waals surface area contributed by atoms with Crippen molar-refractivity contribution in [2.24, 2.45) is 0 Å². The first-order chi connectivity index (χ1) is 21.1. The van der Waals surface area contributed by atoms with Gasteiger partial charge in [0.15, 0.2) is 5.69 Å². The van der Waals surface area contributed by atoms with Gasteiger partial charge in [0.25, 0.3) is 11.8 Å². The summed E-state index contributed by atoms with van der Waals surface area (Å²) in [6.07, 6.45) is -1.28. The van der Waals surface area contributed by atoms with Crippen molar-refractivity contribution in [3.63, 3.8) is 0 Å². The number of H-pyrrole nitrogens is 1. The molecule has 3 N–H and O–H groups in total. The maximum absolute atomic E-state index is 13.1. The van der Waals surface area contributed by atoms with Crippen LogP contribution in [0.5, 0.6) is 11.6 Å². The number of para-hydroxylation sites is 1. The Labute approximate surface area is 249 Å². The normalized spacial score (nSPS) is 13.3. The third-order valence-electron chi connectivity index (χ3n) is 7.10. The van der Waals surface area contributed by atoms with Crippen LogP contribution in [-0.4, -0.2) is 70.9 Å². The summed E-state index contributed by atoms with van der Waals surface area (Å²) >= 11 is 0. The minimum Gasteiger partial charge on any atom is -0.480 e. The zero-order valence-corrected chi connectivity index (χ0v) is 23.7. The quantitative estimate of drug-likeness (QED) is 0.216. The first kappa shape index (κ1) is 30.3. The van der Waals surface area contributed by atoms with Gasteiger partial charge in [-0.15, -0.1) is 13.2 Å². The second kappa shape index (κ2) is 13.0. The minimum atomic E-state index is -4.88. The van der Waals surface area contributed by atoms with Crippen molar-refractivity contribution in [1.29, 1.82) is 0 Å². The molecule has 230 valence electrons. The number of likely N-dealkylation sites (tertiary alicyclic amines) is 1. The van der Waals surface area contributed by atoms with Gasteiger partial charge < -0.3 is 25.0 Å². The Hall–Kier alpha value is -5.14. The average molecular weight is 611 g/mol. The number of ether oxygens (including phenoxy) is 2. The first-order valence-corrected chi connectivity index (χ1v) is 13.8. The summed E-state index contributed by atoms with van der Waals surface area (Å²) in [6, 6.07) is 12.3. The third-order valence-corrected chi connectivity index (χ3v) is 7.10. The molecule has 0 atom stereocenters. The van der Waals surface area contributed by atoms with Gasteiger partial charge in [0, 0.05) is 55.3 Å². The Morgan fingerprint density at radius 1 is 1.07 bits per heavy atom. The van der Waals surface area contributed by atoms with Crippen LogP contribution in [0.1, 0.15) is 45.7 Å². The number of halogens is 3. The highest BCUT2D eigenvalue weighted by atomic mass is 19.4. The van der Waals surface area contributed by atoms with Crippen molar-refractivity contribution < 1.29 is 37.0 Å². The van der Waals surface area contributed by atoms with Gasteiger partial charge in [-0.05, 0) is 42.7 Å². The van der Waals surface area contributed by atoms with E-state index in [2.05, 4.69) is 30.6 Å². The van der Waals surface area contributed by atoms with E-state index < -0.39 is 18.0 Å². The fraction of sp³-hybridized carbons (Fsp3) is 0.300. The highest BCUT2D eigenvalue weighted by molar-refractivity contribution is 6.05. The number of pyridine rings is 1. The van der Waals surface area contributed by atoms with E-state index in [9.17, 15) is 27.6 Å². The van der Waals surface area contributed by atoms with Crippen LogP contribution in [0.4, 0.5) is 13.2 Å². The molecule has 0 bridgehead atoms. The maximum atomic E-state index is 13.1. The van der Waals surface area contributed by atoms with E-state index in [-0.39, 0.29) is 41.1 Å². The number of rotatable bonds is 11. The Bertz CT molecular complexity index is 1690. The number of aromatic nitrogens is 3. The van der Waals surface area contributed by atoms with Gasteiger partial charge in [-0.2, -0.15) is 5.10 Å². The zero-order valence-electron chi connectivity index (χ0n) is 23.7. The number of fused-ring (bicyclic) bond motifs is 1. The van der Waals surface area contributed by atoms with Crippen LogP contribution in [0.3, 0.4) is 0 Å². The van der Waals surface area contributed by atoms with Crippen LogP contribution < -0.4 is 20.1 Å². The molecule has 1 saturated heterocycles. The summed E-state index contributed by atoms with van der Waals surface area (Å²) in [7, 11) is 1.35. The second-order valence-corrected chi connectivity index (χ2v) is 10.0. The molecule has 0 spiro atoms. The molecule has 1 aliphatic rings. The molecule has 4 aromatic rings. The number of methoxy groups -OCH3 is 1. The molecule has 0 unspecified atom stereocenters. The van der Waals surface area contributed by atoms with Crippen LogP contribution in [0, 0.1) is 0 Å². The van der Waals surface area contributed by atoms with Gasteiger partial charge in [0.05, 0.1) is 12.6 Å². The Balaban J connectivity index is 1.27. The van der Waals surface area contributed by atoms with E-state index in [1.807, 2.05) is 0 Å². The molecule has 3 amide bonds. The molecule has 0 radical (unpaired) electrons. The zero-order chi connectivity index (χ0) is 31.3. The number of carbonyl (C=O) groups excluding carboxylic acids is 3. The standard InChI is InChI=1S/C30H29F3N6O5/c1-43-29-22(27(41)35-16-19-6-2-3-7-24(19)44-30(31,32)33)14-20(17-36-29)18-9-10-21-23(15-18)37-38-26(21)28(42)34-11-5-13-39-12-4-8-25(39)40/h2-3,6-7,9-10,14-15,17H,4-5,8,11-13,16H2,1H3,(H,34,42)(H,35,41)(H,37,38). The number of hydrogen-bond acceptors (Lipinski definition) is 7. The van der Waals surface area contributed by atoms with Gasteiger partial charge in [-0.1, -0.05) is 24.3 Å². The van der Waals surface area contributed by atoms with E-state index in [0.717, 1.165) is 19.0 Å². The van der Waals surface area contributed by atoms with Crippen LogP contribution in [0.2, 0.25) is 0 Å². The summed E-state index contributed by atoms with van der Waals surface area (Å²) in [5.41, 5.74) is 2.23. The van der Waals surface area contributed by atoms with Crippen LogP contribution in [0.25, 0.3) is 22.0 Å². The van der Waals surface area contributed by atoms with Crippen LogP contribution >= 0.6 is 0 Å². The lowest BCUT2D eigenvalue weighted by atomic mass is 10.0.